The molecule has 0 unspecified atom stereocenters. The van der Waals surface area contributed by atoms with Crippen LogP contribution in [0.3, 0.4) is 0 Å². The Hall–Kier alpha value is -1.89. The predicted octanol–water partition coefficient (Wildman–Crippen LogP) is 1.98. The number of H-pyrrole nitrogens is 1. The minimum absolute atomic E-state index is 0.212. The lowest BCUT2D eigenvalue weighted by Crippen LogP contribution is -2.04. The van der Waals surface area contributed by atoms with Gasteiger partial charge in [0, 0.05) is 5.56 Å². The second-order valence-electron chi connectivity index (χ2n) is 3.36. The molecule has 0 aliphatic carbocycles. The molecular formula is C10H8F3N3O. The number of rotatable bonds is 2. The van der Waals surface area contributed by atoms with Crippen LogP contribution in [0.25, 0.3) is 11.3 Å². The van der Waals surface area contributed by atoms with Gasteiger partial charge in [0.15, 0.2) is 0 Å². The molecule has 0 aliphatic rings. The lowest BCUT2D eigenvalue weighted by atomic mass is 10.1. The van der Waals surface area contributed by atoms with Gasteiger partial charge < -0.3 is 5.11 Å². The molecule has 0 spiro atoms. The summed E-state index contributed by atoms with van der Waals surface area (Å²) in [6.07, 6.45) is -4.40. The number of aliphatic hydroxyl groups is 1. The van der Waals surface area contributed by atoms with Crippen LogP contribution in [-0.4, -0.2) is 20.5 Å². The molecule has 7 heteroatoms. The number of aliphatic hydroxyl groups excluding tert-OH is 1. The highest BCUT2D eigenvalue weighted by atomic mass is 19.4. The number of alkyl halides is 3. The first-order chi connectivity index (χ1) is 8.02. The van der Waals surface area contributed by atoms with Gasteiger partial charge in [-0.15, -0.1) is 0 Å². The van der Waals surface area contributed by atoms with E-state index in [1.54, 1.807) is 0 Å². The van der Waals surface area contributed by atoms with Crippen LogP contribution in [0.4, 0.5) is 13.2 Å². The summed E-state index contributed by atoms with van der Waals surface area (Å²) >= 11 is 0. The maximum Gasteiger partial charge on any atom is 0.416 e. The van der Waals surface area contributed by atoms with Gasteiger partial charge in [-0.25, -0.2) is 0 Å². The van der Waals surface area contributed by atoms with E-state index >= 15 is 0 Å². The van der Waals surface area contributed by atoms with E-state index in [2.05, 4.69) is 15.4 Å². The molecule has 0 atom stereocenters. The van der Waals surface area contributed by atoms with Crippen LogP contribution in [0, 0.1) is 0 Å². The SMILES string of the molecule is OCc1n[nH]nc1-c1cccc(C(F)(F)F)c1. The summed E-state index contributed by atoms with van der Waals surface area (Å²) in [4.78, 5) is 0. The Morgan fingerprint density at radius 1 is 1.24 bits per heavy atom. The first kappa shape index (κ1) is 11.6. The molecule has 0 radical (unpaired) electrons. The van der Waals surface area contributed by atoms with Crippen LogP contribution in [0.1, 0.15) is 11.3 Å². The number of hydrogen-bond acceptors (Lipinski definition) is 3. The molecule has 2 rings (SSSR count). The fourth-order valence-electron chi connectivity index (χ4n) is 1.44. The highest BCUT2D eigenvalue weighted by Crippen LogP contribution is 2.32. The van der Waals surface area contributed by atoms with Gasteiger partial charge in [0.2, 0.25) is 0 Å². The number of aromatic nitrogens is 3. The van der Waals surface area contributed by atoms with Crippen molar-refractivity contribution in [2.24, 2.45) is 0 Å². The smallest absolute Gasteiger partial charge is 0.390 e. The largest absolute Gasteiger partial charge is 0.416 e. The standard InChI is InChI=1S/C10H8F3N3O/c11-10(12,13)7-3-1-2-6(4-7)9-8(5-17)14-16-15-9/h1-4,17H,5H2,(H,14,15,16). The zero-order chi connectivity index (χ0) is 12.5. The monoisotopic (exact) mass is 243 g/mol. The van der Waals surface area contributed by atoms with E-state index in [0.717, 1.165) is 12.1 Å². The zero-order valence-electron chi connectivity index (χ0n) is 8.49. The molecule has 90 valence electrons. The quantitative estimate of drug-likeness (QED) is 0.847. The van der Waals surface area contributed by atoms with Gasteiger partial charge in [0.05, 0.1) is 12.2 Å². The van der Waals surface area contributed by atoms with Crippen LogP contribution in [0.15, 0.2) is 24.3 Å². The Labute approximate surface area is 94.1 Å². The number of benzene rings is 1. The van der Waals surface area contributed by atoms with Crippen LogP contribution in [-0.2, 0) is 12.8 Å². The lowest BCUT2D eigenvalue weighted by Gasteiger charge is -2.07. The first-order valence-electron chi connectivity index (χ1n) is 4.70. The van der Waals surface area contributed by atoms with E-state index in [-0.39, 0.29) is 23.6 Å². The van der Waals surface area contributed by atoms with E-state index in [9.17, 15) is 13.2 Å². The molecule has 0 saturated heterocycles. The Bertz CT molecular complexity index is 522. The Balaban J connectivity index is 2.47. The van der Waals surface area contributed by atoms with E-state index in [1.807, 2.05) is 0 Å². The predicted molar refractivity (Wildman–Crippen MR) is 52.7 cm³/mol. The normalized spacial score (nSPS) is 11.8. The Morgan fingerprint density at radius 3 is 2.65 bits per heavy atom. The van der Waals surface area contributed by atoms with Crippen molar-refractivity contribution in [3.8, 4) is 11.3 Å². The van der Waals surface area contributed by atoms with Crippen LogP contribution in [0.5, 0.6) is 0 Å². The minimum Gasteiger partial charge on any atom is -0.390 e. The van der Waals surface area contributed by atoms with Gasteiger partial charge in [-0.1, -0.05) is 12.1 Å². The summed E-state index contributed by atoms with van der Waals surface area (Å²) in [5.74, 6) is 0. The molecule has 1 aromatic heterocycles. The molecule has 0 amide bonds. The van der Waals surface area contributed by atoms with E-state index in [4.69, 9.17) is 5.11 Å². The topological polar surface area (TPSA) is 61.8 Å². The molecule has 0 bridgehead atoms. The van der Waals surface area contributed by atoms with E-state index in [1.165, 1.54) is 12.1 Å². The average molecular weight is 243 g/mol. The average Bonchev–Trinajstić information content (AvgIpc) is 2.76. The van der Waals surface area contributed by atoms with Crippen LogP contribution >= 0.6 is 0 Å². The van der Waals surface area contributed by atoms with E-state index < -0.39 is 11.7 Å². The third-order valence-electron chi connectivity index (χ3n) is 2.23. The summed E-state index contributed by atoms with van der Waals surface area (Å²) in [6, 6.07) is 4.71. The number of nitrogens with one attached hydrogen (secondary N) is 1. The third kappa shape index (κ3) is 2.28. The summed E-state index contributed by atoms with van der Waals surface area (Å²) in [6.45, 7) is -0.387. The number of halogens is 3. The number of aromatic amines is 1. The van der Waals surface area contributed by atoms with Crippen LogP contribution < -0.4 is 0 Å². The minimum atomic E-state index is -4.40. The molecule has 0 saturated carbocycles. The van der Waals surface area contributed by atoms with Crippen molar-refractivity contribution in [3.05, 3.63) is 35.5 Å². The molecular weight excluding hydrogens is 235 g/mol. The Morgan fingerprint density at radius 2 is 2.00 bits per heavy atom. The fourth-order valence-corrected chi connectivity index (χ4v) is 1.44. The van der Waals surface area contributed by atoms with Crippen molar-refractivity contribution in [1.82, 2.24) is 15.4 Å². The summed E-state index contributed by atoms with van der Waals surface area (Å²) in [7, 11) is 0. The molecule has 2 aromatic rings. The molecule has 1 heterocycles. The molecule has 0 aliphatic heterocycles. The maximum atomic E-state index is 12.5. The van der Waals surface area contributed by atoms with Gasteiger partial charge in [-0.05, 0) is 12.1 Å². The fraction of sp³-hybridized carbons (Fsp3) is 0.200. The molecule has 2 N–H and O–H groups in total. The molecule has 0 fully saturated rings. The van der Waals surface area contributed by atoms with E-state index in [0.29, 0.717) is 0 Å². The molecule has 17 heavy (non-hydrogen) atoms. The van der Waals surface area contributed by atoms with Crippen molar-refractivity contribution in [2.45, 2.75) is 12.8 Å². The van der Waals surface area contributed by atoms with Gasteiger partial charge in [-0.3, -0.25) is 0 Å². The lowest BCUT2D eigenvalue weighted by molar-refractivity contribution is -0.137. The van der Waals surface area contributed by atoms with Crippen molar-refractivity contribution < 1.29 is 18.3 Å². The first-order valence-corrected chi connectivity index (χ1v) is 4.70. The summed E-state index contributed by atoms with van der Waals surface area (Å²) in [5, 5.41) is 18.6. The Kier molecular flexibility index (Phi) is 2.84. The van der Waals surface area contributed by atoms with Crippen molar-refractivity contribution in [1.29, 1.82) is 0 Å². The van der Waals surface area contributed by atoms with Crippen LogP contribution in [0.2, 0.25) is 0 Å². The highest BCUT2D eigenvalue weighted by molar-refractivity contribution is 5.62. The second kappa shape index (κ2) is 4.17. The van der Waals surface area contributed by atoms with Crippen molar-refractivity contribution in [2.75, 3.05) is 0 Å². The summed E-state index contributed by atoms with van der Waals surface area (Å²) in [5.41, 5.74) is -0.0672. The summed E-state index contributed by atoms with van der Waals surface area (Å²) < 4.78 is 37.5. The van der Waals surface area contributed by atoms with Gasteiger partial charge >= 0.3 is 6.18 Å². The van der Waals surface area contributed by atoms with Gasteiger partial charge in [0.25, 0.3) is 0 Å². The third-order valence-corrected chi connectivity index (χ3v) is 2.23. The number of nitrogens with zero attached hydrogens (tertiary/aromatic N) is 2. The zero-order valence-corrected chi connectivity index (χ0v) is 8.49. The molecule has 4 nitrogen and oxygen atoms in total. The number of hydrogen-bond donors (Lipinski definition) is 2. The van der Waals surface area contributed by atoms with Gasteiger partial charge in [0.1, 0.15) is 11.4 Å². The van der Waals surface area contributed by atoms with Crippen molar-refractivity contribution >= 4 is 0 Å². The highest BCUT2D eigenvalue weighted by Gasteiger charge is 2.30. The maximum absolute atomic E-state index is 12.5. The second-order valence-corrected chi connectivity index (χ2v) is 3.36. The molecule has 1 aromatic carbocycles. The van der Waals surface area contributed by atoms with Crippen molar-refractivity contribution in [3.63, 3.8) is 0 Å². The van der Waals surface area contributed by atoms with Gasteiger partial charge in [-0.2, -0.15) is 28.6 Å².